The monoisotopic (exact) mass is 228 g/mol. The van der Waals surface area contributed by atoms with Crippen molar-refractivity contribution >= 4 is 11.8 Å². The van der Waals surface area contributed by atoms with Gasteiger partial charge >= 0.3 is 0 Å². The third-order valence-corrected chi connectivity index (χ3v) is 3.02. The van der Waals surface area contributed by atoms with Gasteiger partial charge in [0.05, 0.1) is 13.2 Å². The molecule has 92 valence electrons. The molecule has 0 unspecified atom stereocenters. The third kappa shape index (κ3) is 3.81. The van der Waals surface area contributed by atoms with Crippen molar-refractivity contribution in [2.75, 3.05) is 26.8 Å². The third-order valence-electron chi connectivity index (χ3n) is 3.02. The molecule has 1 aliphatic carbocycles. The molecule has 0 spiro atoms. The minimum atomic E-state index is -0.189. The van der Waals surface area contributed by atoms with Crippen LogP contribution in [0.5, 0.6) is 0 Å². The van der Waals surface area contributed by atoms with E-state index in [4.69, 9.17) is 4.74 Å². The van der Waals surface area contributed by atoms with Crippen LogP contribution in [0.15, 0.2) is 0 Å². The minimum Gasteiger partial charge on any atom is -0.384 e. The fourth-order valence-corrected chi connectivity index (χ4v) is 1.91. The maximum Gasteiger partial charge on any atom is 0.239 e. The minimum absolute atomic E-state index is 0.0540. The number of carbonyl (C=O) groups excluding carboxylic acids is 2. The van der Waals surface area contributed by atoms with Gasteiger partial charge in [-0.05, 0) is 12.8 Å². The first kappa shape index (κ1) is 13.0. The van der Waals surface area contributed by atoms with Crippen LogP contribution in [0.2, 0.25) is 0 Å². The number of ether oxygens (including phenoxy) is 1. The van der Waals surface area contributed by atoms with E-state index < -0.39 is 0 Å². The molecule has 0 atom stereocenters. The van der Waals surface area contributed by atoms with Gasteiger partial charge in [-0.15, -0.1) is 0 Å². The van der Waals surface area contributed by atoms with E-state index in [9.17, 15) is 9.59 Å². The second-order valence-electron chi connectivity index (χ2n) is 4.47. The van der Waals surface area contributed by atoms with E-state index >= 15 is 0 Å². The highest BCUT2D eigenvalue weighted by Gasteiger charge is 2.37. The summed E-state index contributed by atoms with van der Waals surface area (Å²) in [6.45, 7) is 2.77. The molecule has 1 fully saturated rings. The maximum atomic E-state index is 11.4. The summed E-state index contributed by atoms with van der Waals surface area (Å²) >= 11 is 0. The number of carbonyl (C=O) groups is 2. The highest BCUT2D eigenvalue weighted by molar-refractivity contribution is 5.83. The van der Waals surface area contributed by atoms with Crippen molar-refractivity contribution in [1.29, 1.82) is 0 Å². The molecule has 1 aliphatic rings. The molecule has 0 radical (unpaired) electrons. The lowest BCUT2D eigenvalue weighted by atomic mass is 9.69. The SMILES string of the molecule is COCC1(CNC(=O)CNC(C)=O)CCC1. The molecule has 5 heteroatoms. The van der Waals surface area contributed by atoms with E-state index in [1.54, 1.807) is 7.11 Å². The summed E-state index contributed by atoms with van der Waals surface area (Å²) in [4.78, 5) is 22.0. The summed E-state index contributed by atoms with van der Waals surface area (Å²) in [7, 11) is 1.68. The second-order valence-corrected chi connectivity index (χ2v) is 4.47. The van der Waals surface area contributed by atoms with Gasteiger partial charge in [0.1, 0.15) is 0 Å². The van der Waals surface area contributed by atoms with Gasteiger partial charge in [0.15, 0.2) is 0 Å². The Morgan fingerprint density at radius 1 is 1.31 bits per heavy atom. The molecule has 1 rings (SSSR count). The number of rotatable bonds is 6. The first-order chi connectivity index (χ1) is 7.58. The molecule has 1 saturated carbocycles. The Morgan fingerprint density at radius 3 is 2.44 bits per heavy atom. The number of hydrogen-bond donors (Lipinski definition) is 2. The summed E-state index contributed by atoms with van der Waals surface area (Å²) < 4.78 is 5.16. The fourth-order valence-electron chi connectivity index (χ4n) is 1.91. The quantitative estimate of drug-likeness (QED) is 0.675. The summed E-state index contributed by atoms with van der Waals surface area (Å²) in [6.07, 6.45) is 3.40. The van der Waals surface area contributed by atoms with Gasteiger partial charge < -0.3 is 15.4 Å². The second kappa shape index (κ2) is 5.84. The van der Waals surface area contributed by atoms with Crippen LogP contribution in [0, 0.1) is 5.41 Å². The van der Waals surface area contributed by atoms with Crippen LogP contribution in [0.1, 0.15) is 26.2 Å². The number of hydrogen-bond acceptors (Lipinski definition) is 3. The molecule has 0 heterocycles. The van der Waals surface area contributed by atoms with E-state index in [-0.39, 0.29) is 23.8 Å². The first-order valence-corrected chi connectivity index (χ1v) is 5.58. The van der Waals surface area contributed by atoms with Crippen LogP contribution >= 0.6 is 0 Å². The highest BCUT2D eigenvalue weighted by Crippen LogP contribution is 2.40. The predicted octanol–water partition coefficient (Wildman–Crippen LogP) is 0.0554. The topological polar surface area (TPSA) is 67.4 Å². The van der Waals surface area contributed by atoms with E-state index in [1.807, 2.05) is 0 Å². The average molecular weight is 228 g/mol. The largest absolute Gasteiger partial charge is 0.384 e. The molecule has 0 aromatic carbocycles. The van der Waals surface area contributed by atoms with Crippen molar-refractivity contribution in [3.05, 3.63) is 0 Å². The van der Waals surface area contributed by atoms with Crippen molar-refractivity contribution in [1.82, 2.24) is 10.6 Å². The van der Waals surface area contributed by atoms with Crippen LogP contribution in [-0.4, -0.2) is 38.6 Å². The Bertz CT molecular complexity index is 262. The molecule has 2 amide bonds. The molecule has 0 aromatic heterocycles. The molecule has 0 saturated heterocycles. The Kier molecular flexibility index (Phi) is 4.73. The van der Waals surface area contributed by atoms with E-state index in [2.05, 4.69) is 10.6 Å². The normalized spacial score (nSPS) is 17.4. The van der Waals surface area contributed by atoms with E-state index in [0.29, 0.717) is 13.2 Å². The van der Waals surface area contributed by atoms with Gasteiger partial charge in [0, 0.05) is 26.0 Å². The zero-order valence-electron chi connectivity index (χ0n) is 9.97. The molecular formula is C11H20N2O3. The first-order valence-electron chi connectivity index (χ1n) is 5.58. The lowest BCUT2D eigenvalue weighted by molar-refractivity contribution is -0.125. The molecule has 2 N–H and O–H groups in total. The summed E-state index contributed by atoms with van der Waals surface area (Å²) in [5.74, 6) is -0.331. The number of amides is 2. The van der Waals surface area contributed by atoms with Crippen LogP contribution in [0.3, 0.4) is 0 Å². The molecule has 0 aliphatic heterocycles. The molecule has 16 heavy (non-hydrogen) atoms. The summed E-state index contributed by atoms with van der Waals surface area (Å²) in [5, 5.41) is 5.30. The lowest BCUT2D eigenvalue weighted by Gasteiger charge is -2.41. The van der Waals surface area contributed by atoms with Crippen molar-refractivity contribution in [2.24, 2.45) is 5.41 Å². The molecular weight excluding hydrogens is 208 g/mol. The maximum absolute atomic E-state index is 11.4. The van der Waals surface area contributed by atoms with Crippen LogP contribution in [0.4, 0.5) is 0 Å². The Morgan fingerprint density at radius 2 is 2.00 bits per heavy atom. The Balaban J connectivity index is 2.22. The summed E-state index contributed by atoms with van der Waals surface area (Å²) in [5.41, 5.74) is 0.126. The molecule has 0 bridgehead atoms. The zero-order valence-corrected chi connectivity index (χ0v) is 9.97. The predicted molar refractivity (Wildman–Crippen MR) is 59.9 cm³/mol. The lowest BCUT2D eigenvalue weighted by Crippen LogP contribution is -2.47. The highest BCUT2D eigenvalue weighted by atomic mass is 16.5. The Hall–Kier alpha value is -1.10. The standard InChI is InChI=1S/C11H20N2O3/c1-9(14)12-6-10(15)13-7-11(8-16-2)4-3-5-11/h3-8H2,1-2H3,(H,12,14)(H,13,15). The van der Waals surface area contributed by atoms with Gasteiger partial charge in [-0.2, -0.15) is 0 Å². The average Bonchev–Trinajstić information content (AvgIpc) is 2.18. The number of nitrogens with one attached hydrogen (secondary N) is 2. The van der Waals surface area contributed by atoms with Crippen molar-refractivity contribution in [3.63, 3.8) is 0 Å². The van der Waals surface area contributed by atoms with Crippen molar-refractivity contribution in [3.8, 4) is 0 Å². The number of methoxy groups -OCH3 is 1. The van der Waals surface area contributed by atoms with Gasteiger partial charge in [-0.25, -0.2) is 0 Å². The van der Waals surface area contributed by atoms with Crippen LogP contribution < -0.4 is 10.6 Å². The van der Waals surface area contributed by atoms with E-state index in [0.717, 1.165) is 12.8 Å². The van der Waals surface area contributed by atoms with Crippen molar-refractivity contribution < 1.29 is 14.3 Å². The zero-order chi connectivity index (χ0) is 12.0. The van der Waals surface area contributed by atoms with Gasteiger partial charge in [-0.3, -0.25) is 9.59 Å². The fraction of sp³-hybridized carbons (Fsp3) is 0.818. The molecule has 0 aromatic rings. The van der Waals surface area contributed by atoms with Crippen LogP contribution in [-0.2, 0) is 14.3 Å². The van der Waals surface area contributed by atoms with Gasteiger partial charge in [0.25, 0.3) is 0 Å². The summed E-state index contributed by atoms with van der Waals surface area (Å²) in [6, 6.07) is 0. The van der Waals surface area contributed by atoms with Gasteiger partial charge in [0.2, 0.25) is 11.8 Å². The van der Waals surface area contributed by atoms with E-state index in [1.165, 1.54) is 13.3 Å². The smallest absolute Gasteiger partial charge is 0.239 e. The van der Waals surface area contributed by atoms with Gasteiger partial charge in [-0.1, -0.05) is 6.42 Å². The Labute approximate surface area is 95.9 Å². The molecule has 5 nitrogen and oxygen atoms in total. The van der Waals surface area contributed by atoms with Crippen molar-refractivity contribution in [2.45, 2.75) is 26.2 Å². The van der Waals surface area contributed by atoms with Crippen LogP contribution in [0.25, 0.3) is 0 Å².